The maximum Gasteiger partial charge on any atom is 0.234 e. The third-order valence-electron chi connectivity index (χ3n) is 18.7. The van der Waals surface area contributed by atoms with Crippen molar-refractivity contribution in [2.45, 2.75) is 303 Å². The molecule has 23 heteroatoms. The van der Waals surface area contributed by atoms with E-state index in [4.69, 9.17) is 44.9 Å². The average molecular weight is 1230 g/mol. The van der Waals surface area contributed by atoms with Gasteiger partial charge >= 0.3 is 0 Å². The van der Waals surface area contributed by atoms with Crippen LogP contribution >= 0.6 is 0 Å². The van der Waals surface area contributed by atoms with E-state index in [0.717, 1.165) is 64.2 Å². The second kappa shape index (κ2) is 25.0. The van der Waals surface area contributed by atoms with Crippen molar-refractivity contribution in [2.75, 3.05) is 102 Å². The largest absolute Gasteiger partial charge is 0.341 e. The molecular formula is C65H123N23. The Morgan fingerprint density at radius 1 is 0.318 bits per heavy atom. The average Bonchev–Trinajstić information content (AvgIpc) is 1.91. The number of anilines is 8. The first kappa shape index (κ1) is 70.6. The fourth-order valence-electron chi connectivity index (χ4n) is 16.7. The van der Waals surface area contributed by atoms with Crippen LogP contribution in [0.3, 0.4) is 0 Å². The van der Waals surface area contributed by atoms with Crippen LogP contribution in [0.1, 0.15) is 216 Å². The van der Waals surface area contributed by atoms with Gasteiger partial charge in [-0.2, -0.15) is 44.9 Å². The van der Waals surface area contributed by atoms with E-state index < -0.39 is 0 Å². The summed E-state index contributed by atoms with van der Waals surface area (Å²) in [5.41, 5.74) is -0.839. The monoisotopic (exact) mass is 1230 g/mol. The molecule has 0 spiro atoms. The van der Waals surface area contributed by atoms with Gasteiger partial charge in [-0.3, -0.25) is 4.90 Å². The second-order valence-electron chi connectivity index (χ2n) is 34.0. The van der Waals surface area contributed by atoms with Gasteiger partial charge in [-0.25, -0.2) is 0 Å². The van der Waals surface area contributed by atoms with Gasteiger partial charge in [-0.05, 0) is 217 Å². The van der Waals surface area contributed by atoms with E-state index in [2.05, 4.69) is 252 Å². The third-order valence-corrected chi connectivity index (χ3v) is 18.7. The third kappa shape index (κ3) is 18.2. The predicted octanol–water partition coefficient (Wildman–Crippen LogP) is 8.75. The molecule has 0 atom stereocenters. The van der Waals surface area contributed by atoms with Crippen LogP contribution in [0.15, 0.2) is 0 Å². The summed E-state index contributed by atoms with van der Waals surface area (Å²) in [5, 5.41) is 26.8. The van der Waals surface area contributed by atoms with E-state index in [1.165, 1.54) is 0 Å². The van der Waals surface area contributed by atoms with Gasteiger partial charge in [0.25, 0.3) is 0 Å². The molecule has 0 radical (unpaired) electrons. The Morgan fingerprint density at radius 2 is 0.534 bits per heavy atom. The van der Waals surface area contributed by atoms with Crippen LogP contribution in [0.2, 0.25) is 0 Å². The summed E-state index contributed by atoms with van der Waals surface area (Å²) in [6, 6.07) is 0.909. The highest BCUT2D eigenvalue weighted by molar-refractivity contribution is 5.51. The summed E-state index contributed by atoms with van der Waals surface area (Å²) in [6.45, 7) is 48.8. The maximum absolute atomic E-state index is 5.51. The minimum Gasteiger partial charge on any atom is -0.341 e. The number of aromatic nitrogens is 9. The summed E-state index contributed by atoms with van der Waals surface area (Å²) in [6.07, 6.45) is 9.33. The molecule has 23 nitrogen and oxygen atoms in total. The Kier molecular flexibility index (Phi) is 20.1. The van der Waals surface area contributed by atoms with Gasteiger partial charge in [-0.1, -0.05) is 7.43 Å². The molecule has 5 saturated heterocycles. The van der Waals surface area contributed by atoms with Crippen LogP contribution < -0.4 is 66.6 Å². The van der Waals surface area contributed by atoms with Crippen molar-refractivity contribution in [1.82, 2.24) is 76.3 Å². The number of nitrogens with zero attached hydrogens (tertiary/aromatic N) is 16. The van der Waals surface area contributed by atoms with E-state index in [1.54, 1.807) is 0 Å². The van der Waals surface area contributed by atoms with Crippen LogP contribution in [-0.4, -0.2) is 198 Å². The van der Waals surface area contributed by atoms with E-state index in [1.807, 2.05) is 6.92 Å². The molecule has 8 rings (SSSR count). The first-order chi connectivity index (χ1) is 39.7. The van der Waals surface area contributed by atoms with Gasteiger partial charge in [-0.15, -0.1) is 0 Å². The highest BCUT2D eigenvalue weighted by atomic mass is 15.5. The Bertz CT molecular complexity index is 2660. The number of piperidine rings is 5. The van der Waals surface area contributed by atoms with Crippen molar-refractivity contribution in [1.29, 1.82) is 0 Å². The van der Waals surface area contributed by atoms with Crippen LogP contribution in [-0.2, 0) is 0 Å². The number of hydrogen-bond acceptors (Lipinski definition) is 23. The van der Waals surface area contributed by atoms with Crippen molar-refractivity contribution >= 4 is 47.6 Å². The van der Waals surface area contributed by atoms with Crippen molar-refractivity contribution in [3.05, 3.63) is 5.82 Å². The topological polar surface area (TPSA) is 223 Å². The molecule has 3 aromatic heterocycles. The van der Waals surface area contributed by atoms with Gasteiger partial charge in [0.15, 0.2) is 0 Å². The van der Waals surface area contributed by atoms with Gasteiger partial charge in [0.2, 0.25) is 47.6 Å². The first-order valence-electron chi connectivity index (χ1n) is 32.4. The van der Waals surface area contributed by atoms with E-state index >= 15 is 0 Å². The molecule has 0 unspecified atom stereocenters. The van der Waals surface area contributed by atoms with Crippen LogP contribution in [0, 0.1) is 6.92 Å². The van der Waals surface area contributed by atoms with Crippen molar-refractivity contribution in [3.8, 4) is 0 Å². The van der Waals surface area contributed by atoms with Gasteiger partial charge in [0, 0.05) is 121 Å². The zero-order chi connectivity index (χ0) is 64.6. The molecule has 0 saturated carbocycles. The van der Waals surface area contributed by atoms with E-state index in [0.29, 0.717) is 66.7 Å². The minimum absolute atomic E-state index is 0. The summed E-state index contributed by atoms with van der Waals surface area (Å²) < 4.78 is 0. The Morgan fingerprint density at radius 3 is 0.807 bits per heavy atom. The maximum atomic E-state index is 5.51. The number of rotatable bonds is 19. The zero-order valence-corrected chi connectivity index (χ0v) is 59.2. The summed E-state index contributed by atoms with van der Waals surface area (Å²) in [5.74, 6) is 5.35. The number of nitrogens with one attached hydrogen (secondary N) is 7. The molecule has 3 aromatic rings. The quantitative estimate of drug-likeness (QED) is 0.0557. The lowest BCUT2D eigenvalue weighted by atomic mass is 9.79. The fraction of sp³-hybridized carbons (Fsp3) is 0.862. The lowest BCUT2D eigenvalue weighted by Gasteiger charge is -2.49. The zero-order valence-electron chi connectivity index (χ0n) is 59.2. The van der Waals surface area contributed by atoms with Gasteiger partial charge < -0.3 is 66.6 Å². The van der Waals surface area contributed by atoms with E-state index in [-0.39, 0.29) is 99.7 Å². The molecule has 0 aliphatic carbocycles. The summed E-state index contributed by atoms with van der Waals surface area (Å²) in [4.78, 5) is 63.0. The van der Waals surface area contributed by atoms with Crippen LogP contribution in [0.25, 0.3) is 0 Å². The van der Waals surface area contributed by atoms with Gasteiger partial charge in [0.1, 0.15) is 5.82 Å². The second-order valence-corrected chi connectivity index (χ2v) is 34.0. The lowest BCUT2D eigenvalue weighted by molar-refractivity contribution is 0.159. The normalized spacial score (nSPS) is 23.8. The molecule has 7 N–H and O–H groups in total. The van der Waals surface area contributed by atoms with Crippen LogP contribution in [0.5, 0.6) is 0 Å². The summed E-state index contributed by atoms with van der Waals surface area (Å²) in [7, 11) is 12.8. The molecule has 5 fully saturated rings. The minimum atomic E-state index is -0.104. The number of aryl methyl sites for hydroxylation is 1. The lowest BCUT2D eigenvalue weighted by Crippen LogP contribution is -2.62. The van der Waals surface area contributed by atoms with Crippen molar-refractivity contribution in [2.24, 2.45) is 0 Å². The molecule has 88 heavy (non-hydrogen) atoms. The Labute approximate surface area is 532 Å². The molecular weight excluding hydrogens is 1100 g/mol. The molecule has 0 amide bonds. The highest BCUT2D eigenvalue weighted by Gasteiger charge is 2.46. The first-order valence-corrected chi connectivity index (χ1v) is 32.4. The molecule has 8 heterocycles. The van der Waals surface area contributed by atoms with Gasteiger partial charge in [0.05, 0.1) is 20.0 Å². The summed E-state index contributed by atoms with van der Waals surface area (Å²) >= 11 is 0. The Balaban J connectivity index is 0.0000110. The smallest absolute Gasteiger partial charge is 0.234 e. The predicted molar refractivity (Wildman–Crippen MR) is 367 cm³/mol. The molecule has 5 aliphatic rings. The van der Waals surface area contributed by atoms with Crippen molar-refractivity contribution in [3.63, 3.8) is 0 Å². The molecule has 0 bridgehead atoms. The number of hydrogen-bond donors (Lipinski definition) is 7. The van der Waals surface area contributed by atoms with Crippen molar-refractivity contribution < 1.29 is 0 Å². The molecule has 498 valence electrons. The van der Waals surface area contributed by atoms with Crippen LogP contribution in [0.4, 0.5) is 47.6 Å². The molecule has 5 aliphatic heterocycles. The highest BCUT2D eigenvalue weighted by Crippen LogP contribution is 2.39. The fourth-order valence-corrected chi connectivity index (χ4v) is 16.7. The van der Waals surface area contributed by atoms with E-state index in [9.17, 15) is 0 Å². The molecule has 0 aromatic carbocycles. The standard InChI is InChI=1S/C64H119N23.CH4/c1-41-67-47(69-49(68-41)82(23)42-28-55(2,3)76-56(4,5)29-42)65-38-81(22)40-87(54-74-52(85(26)45-34-61(14,15)79-62(16,17)35-45)73-53(75-54)86(27)46-36-63(18,19)80-64(20,21)37-46)39-66-48-70-50(83(24)43-30-57(6,7)77-58(8,9)31-43)72-51(71-48)84(25)44-32-59(10,11)78-60(12,13)33-44;/h42-46,76-80H,28-40H2,1-27H3,(H,65,67,68,69)(H,66,70,71,72);1H4. The SMILES string of the molecule is C.Cc1nc(NCN(C)CN(CNc2nc(N(C)C3CC(C)(C)NC(C)(C)C3)nc(N(C)C3CC(C)(C)NC(C)(C)C3)n2)c2nc(N(C)C3CC(C)(C)NC(C)(C)C3)nc(N(C)C3CC(C)(C)NC(C)(C)C3)n2)nc(N(C)C2CC(C)(C)NC(C)(C)C2)n1. The Hall–Kier alpha value is -4.81.